The third-order valence-corrected chi connectivity index (χ3v) is 6.08. The summed E-state index contributed by atoms with van der Waals surface area (Å²) in [7, 11) is 0. The highest BCUT2D eigenvalue weighted by molar-refractivity contribution is 6.31. The molecule has 8 heteroatoms. The summed E-state index contributed by atoms with van der Waals surface area (Å²) in [5, 5.41) is 11.2. The van der Waals surface area contributed by atoms with Gasteiger partial charge in [0.25, 0.3) is 0 Å². The van der Waals surface area contributed by atoms with Crippen molar-refractivity contribution in [1.82, 2.24) is 9.88 Å². The van der Waals surface area contributed by atoms with Gasteiger partial charge in [0.2, 0.25) is 0 Å². The number of nitrogens with zero attached hydrogens (tertiary/aromatic N) is 2. The molecule has 2 heterocycles. The van der Waals surface area contributed by atoms with E-state index in [-0.39, 0.29) is 5.02 Å². The zero-order valence-electron chi connectivity index (χ0n) is 16.4. The van der Waals surface area contributed by atoms with E-state index >= 15 is 0 Å². The van der Waals surface area contributed by atoms with Crippen molar-refractivity contribution in [3.05, 3.63) is 76.6 Å². The highest BCUT2D eigenvalue weighted by atomic mass is 35.5. The van der Waals surface area contributed by atoms with Gasteiger partial charge in [0.1, 0.15) is 6.04 Å². The molecule has 1 aliphatic rings. The van der Waals surface area contributed by atoms with Crippen molar-refractivity contribution < 1.29 is 23.1 Å². The number of aromatic nitrogens is 1. The van der Waals surface area contributed by atoms with Crippen LogP contribution in [0.2, 0.25) is 5.02 Å². The summed E-state index contributed by atoms with van der Waals surface area (Å²) in [4.78, 5) is 17.9. The lowest BCUT2D eigenvalue weighted by molar-refractivity contribution is -0.145. The molecule has 1 aromatic heterocycles. The van der Waals surface area contributed by atoms with Crippen molar-refractivity contribution in [3.8, 4) is 0 Å². The van der Waals surface area contributed by atoms with Crippen LogP contribution in [0.25, 0.3) is 10.8 Å². The number of rotatable bonds is 4. The van der Waals surface area contributed by atoms with Gasteiger partial charge in [-0.05, 0) is 60.2 Å². The highest BCUT2D eigenvalue weighted by Crippen LogP contribution is 2.40. The Hall–Kier alpha value is -2.64. The van der Waals surface area contributed by atoms with E-state index in [1.54, 1.807) is 23.4 Å². The van der Waals surface area contributed by atoms with Crippen LogP contribution in [0.15, 0.2) is 54.9 Å². The van der Waals surface area contributed by atoms with Gasteiger partial charge >= 0.3 is 12.1 Å². The molecule has 2 aromatic carbocycles. The molecule has 1 aliphatic heterocycles. The van der Waals surface area contributed by atoms with E-state index in [0.717, 1.165) is 35.2 Å². The lowest BCUT2D eigenvalue weighted by atomic mass is 9.90. The smallest absolute Gasteiger partial charge is 0.417 e. The van der Waals surface area contributed by atoms with Gasteiger partial charge < -0.3 is 5.11 Å². The summed E-state index contributed by atoms with van der Waals surface area (Å²) in [6.45, 7) is 0.472. The standard InChI is InChI=1S/C23H20ClF3N2O2/c24-19-7-6-16(12-18(19)23(25,26)27)21(29-10-2-1-3-20(29)22(30)31)15-4-5-17-13-28-9-8-14(17)11-15/h4-9,11-13,20-21H,1-3,10H2,(H,30,31). The molecule has 0 aliphatic carbocycles. The van der Waals surface area contributed by atoms with Gasteiger partial charge in [-0.3, -0.25) is 14.7 Å². The lowest BCUT2D eigenvalue weighted by Gasteiger charge is -2.40. The highest BCUT2D eigenvalue weighted by Gasteiger charge is 2.38. The van der Waals surface area contributed by atoms with Crippen LogP contribution in [-0.4, -0.2) is 33.5 Å². The van der Waals surface area contributed by atoms with Gasteiger partial charge in [0.05, 0.1) is 16.6 Å². The molecule has 3 aromatic rings. The summed E-state index contributed by atoms with van der Waals surface area (Å²) in [6, 6.07) is 9.77. The van der Waals surface area contributed by atoms with Gasteiger partial charge in [0, 0.05) is 17.8 Å². The number of halogens is 4. The molecule has 2 atom stereocenters. The molecule has 0 spiro atoms. The van der Waals surface area contributed by atoms with Gasteiger partial charge in [-0.1, -0.05) is 36.2 Å². The van der Waals surface area contributed by atoms with Crippen LogP contribution < -0.4 is 0 Å². The van der Waals surface area contributed by atoms with E-state index in [0.29, 0.717) is 18.5 Å². The first-order valence-corrected chi connectivity index (χ1v) is 10.3. The normalized spacial score (nSPS) is 18.8. The summed E-state index contributed by atoms with van der Waals surface area (Å²) in [5.74, 6) is -0.973. The van der Waals surface area contributed by atoms with E-state index in [9.17, 15) is 23.1 Å². The maximum atomic E-state index is 13.6. The first-order valence-electron chi connectivity index (χ1n) is 9.94. The molecule has 4 rings (SSSR count). The number of alkyl halides is 3. The van der Waals surface area contributed by atoms with E-state index in [1.165, 1.54) is 6.07 Å². The Kier molecular flexibility index (Phi) is 5.90. The van der Waals surface area contributed by atoms with Crippen LogP contribution in [0, 0.1) is 0 Å². The Bertz CT molecular complexity index is 1120. The number of fused-ring (bicyclic) bond motifs is 1. The number of aliphatic carboxylic acids is 1. The van der Waals surface area contributed by atoms with Crippen LogP contribution in [0.1, 0.15) is 42.0 Å². The molecule has 1 fully saturated rings. The molecular weight excluding hydrogens is 429 g/mol. The minimum Gasteiger partial charge on any atom is -0.480 e. The van der Waals surface area contributed by atoms with Crippen molar-refractivity contribution in [2.75, 3.05) is 6.54 Å². The van der Waals surface area contributed by atoms with Crippen molar-refractivity contribution in [1.29, 1.82) is 0 Å². The van der Waals surface area contributed by atoms with Crippen LogP contribution in [0.5, 0.6) is 0 Å². The molecule has 0 saturated carbocycles. The van der Waals surface area contributed by atoms with Crippen molar-refractivity contribution in [2.45, 2.75) is 37.5 Å². The number of benzene rings is 2. The maximum absolute atomic E-state index is 13.6. The molecule has 0 amide bonds. The minimum atomic E-state index is -4.61. The Morgan fingerprint density at radius 1 is 1.10 bits per heavy atom. The predicted octanol–water partition coefficient (Wildman–Crippen LogP) is 5.94. The summed E-state index contributed by atoms with van der Waals surface area (Å²) in [5.41, 5.74) is 0.158. The molecule has 1 N–H and O–H groups in total. The quantitative estimate of drug-likeness (QED) is 0.537. The van der Waals surface area contributed by atoms with Crippen LogP contribution in [0.3, 0.4) is 0 Å². The summed E-state index contributed by atoms with van der Waals surface area (Å²) < 4.78 is 40.7. The van der Waals surface area contributed by atoms with E-state index in [2.05, 4.69) is 4.98 Å². The number of piperidine rings is 1. The first kappa shape index (κ1) is 21.6. The maximum Gasteiger partial charge on any atom is 0.417 e. The third kappa shape index (κ3) is 4.38. The summed E-state index contributed by atoms with van der Waals surface area (Å²) in [6.07, 6.45) is 0.727. The first-order chi connectivity index (χ1) is 14.8. The number of carbonyl (C=O) groups is 1. The molecule has 0 radical (unpaired) electrons. The lowest BCUT2D eigenvalue weighted by Crippen LogP contribution is -2.46. The molecule has 162 valence electrons. The molecule has 2 unspecified atom stereocenters. The Labute approximate surface area is 182 Å². The average Bonchev–Trinajstić information content (AvgIpc) is 2.74. The van der Waals surface area contributed by atoms with Crippen LogP contribution in [-0.2, 0) is 11.0 Å². The van der Waals surface area contributed by atoms with E-state index in [4.69, 9.17) is 11.6 Å². The van der Waals surface area contributed by atoms with Gasteiger partial charge in [-0.2, -0.15) is 13.2 Å². The molecular formula is C23H20ClF3N2O2. The second kappa shape index (κ2) is 8.48. The summed E-state index contributed by atoms with van der Waals surface area (Å²) >= 11 is 5.84. The average molecular weight is 449 g/mol. The van der Waals surface area contributed by atoms with Gasteiger partial charge in [0.15, 0.2) is 0 Å². The largest absolute Gasteiger partial charge is 0.480 e. The number of likely N-dealkylation sites (tertiary alicyclic amines) is 1. The fourth-order valence-electron chi connectivity index (χ4n) is 4.31. The minimum absolute atomic E-state index is 0.360. The molecule has 4 nitrogen and oxygen atoms in total. The Morgan fingerprint density at radius 2 is 1.84 bits per heavy atom. The Balaban J connectivity index is 1.89. The SMILES string of the molecule is O=C(O)C1CCCCN1C(c1ccc(Cl)c(C(F)(F)F)c1)c1ccc2cnccc2c1. The van der Waals surface area contributed by atoms with Crippen molar-refractivity contribution in [3.63, 3.8) is 0 Å². The van der Waals surface area contributed by atoms with E-state index < -0.39 is 29.8 Å². The van der Waals surface area contributed by atoms with Gasteiger partial charge in [-0.15, -0.1) is 0 Å². The molecule has 1 saturated heterocycles. The third-order valence-electron chi connectivity index (χ3n) is 5.75. The van der Waals surface area contributed by atoms with Crippen molar-refractivity contribution in [2.24, 2.45) is 0 Å². The molecule has 31 heavy (non-hydrogen) atoms. The van der Waals surface area contributed by atoms with Crippen LogP contribution >= 0.6 is 11.6 Å². The number of hydrogen-bond acceptors (Lipinski definition) is 3. The predicted molar refractivity (Wildman–Crippen MR) is 112 cm³/mol. The zero-order valence-corrected chi connectivity index (χ0v) is 17.2. The number of hydrogen-bond donors (Lipinski definition) is 1. The topological polar surface area (TPSA) is 53.4 Å². The number of pyridine rings is 1. The van der Waals surface area contributed by atoms with Crippen molar-refractivity contribution >= 4 is 28.3 Å². The fourth-order valence-corrected chi connectivity index (χ4v) is 4.53. The number of carboxylic acid groups (broad SMARTS) is 1. The Morgan fingerprint density at radius 3 is 2.58 bits per heavy atom. The number of carboxylic acids is 1. The zero-order chi connectivity index (χ0) is 22.2. The van der Waals surface area contributed by atoms with Crippen LogP contribution in [0.4, 0.5) is 13.2 Å². The second-order valence-corrected chi connectivity index (χ2v) is 8.12. The van der Waals surface area contributed by atoms with Gasteiger partial charge in [-0.25, -0.2) is 0 Å². The fraction of sp³-hybridized carbons (Fsp3) is 0.304. The molecule has 0 bridgehead atoms. The second-order valence-electron chi connectivity index (χ2n) is 7.71. The van der Waals surface area contributed by atoms with E-state index in [1.807, 2.05) is 24.3 Å². The monoisotopic (exact) mass is 448 g/mol.